The van der Waals surface area contributed by atoms with Crippen LogP contribution in [-0.2, 0) is 11.3 Å². The standard InChI is InChI=1S/C23H26Cl2N6O2S/c1-5-31-21(19(13(2)3)28-22(33)16-9-8-15(24)11-17(16)25)29-30-23(31)34-12-18(32)27-20-14(4)7-6-10-26-20/h6-11,13,19H,5,12H2,1-4H3,(H,28,33)(H,26,27,32)/t19-/m0/s1. The van der Waals surface area contributed by atoms with E-state index in [1.54, 1.807) is 18.3 Å². The second-order valence-electron chi connectivity index (χ2n) is 7.91. The van der Waals surface area contributed by atoms with Gasteiger partial charge in [-0.05, 0) is 49.6 Å². The average molecular weight is 521 g/mol. The van der Waals surface area contributed by atoms with Gasteiger partial charge >= 0.3 is 0 Å². The van der Waals surface area contributed by atoms with Gasteiger partial charge in [0.25, 0.3) is 5.91 Å². The van der Waals surface area contributed by atoms with E-state index < -0.39 is 6.04 Å². The summed E-state index contributed by atoms with van der Waals surface area (Å²) in [4.78, 5) is 29.5. The zero-order valence-corrected chi connectivity index (χ0v) is 21.6. The Morgan fingerprint density at radius 1 is 1.18 bits per heavy atom. The third kappa shape index (κ3) is 6.28. The van der Waals surface area contributed by atoms with Gasteiger partial charge in [-0.1, -0.05) is 54.9 Å². The van der Waals surface area contributed by atoms with E-state index in [1.807, 2.05) is 44.4 Å². The molecule has 0 spiro atoms. The van der Waals surface area contributed by atoms with E-state index in [9.17, 15) is 9.59 Å². The van der Waals surface area contributed by atoms with Crippen molar-refractivity contribution in [2.45, 2.75) is 45.4 Å². The highest BCUT2D eigenvalue weighted by Gasteiger charge is 2.27. The van der Waals surface area contributed by atoms with E-state index in [0.717, 1.165) is 5.56 Å². The summed E-state index contributed by atoms with van der Waals surface area (Å²) < 4.78 is 1.90. The number of benzene rings is 1. The molecule has 2 aromatic heterocycles. The maximum Gasteiger partial charge on any atom is 0.253 e. The third-order valence-electron chi connectivity index (χ3n) is 5.07. The van der Waals surface area contributed by atoms with E-state index >= 15 is 0 Å². The maximum atomic E-state index is 12.9. The van der Waals surface area contributed by atoms with Crippen molar-refractivity contribution in [2.75, 3.05) is 11.1 Å². The van der Waals surface area contributed by atoms with Crippen LogP contribution in [0.5, 0.6) is 0 Å². The van der Waals surface area contributed by atoms with Crippen LogP contribution in [0.2, 0.25) is 10.0 Å². The van der Waals surface area contributed by atoms with Crippen LogP contribution in [0.1, 0.15) is 48.6 Å². The van der Waals surface area contributed by atoms with E-state index in [0.29, 0.717) is 33.9 Å². The number of thioether (sulfide) groups is 1. The number of anilines is 1. The van der Waals surface area contributed by atoms with Gasteiger partial charge in [-0.3, -0.25) is 9.59 Å². The second-order valence-corrected chi connectivity index (χ2v) is 9.70. The lowest BCUT2D eigenvalue weighted by Crippen LogP contribution is -2.34. The van der Waals surface area contributed by atoms with Crippen LogP contribution in [0.15, 0.2) is 41.7 Å². The number of aryl methyl sites for hydroxylation is 1. The summed E-state index contributed by atoms with van der Waals surface area (Å²) >= 11 is 13.4. The third-order valence-corrected chi connectivity index (χ3v) is 6.58. The number of nitrogens with one attached hydrogen (secondary N) is 2. The highest BCUT2D eigenvalue weighted by Crippen LogP contribution is 2.27. The van der Waals surface area contributed by atoms with Gasteiger partial charge in [0, 0.05) is 17.8 Å². The lowest BCUT2D eigenvalue weighted by molar-refractivity contribution is -0.113. The first-order valence-corrected chi connectivity index (χ1v) is 12.5. The molecular formula is C23H26Cl2N6O2S. The molecule has 0 aliphatic carbocycles. The fourth-order valence-electron chi connectivity index (χ4n) is 3.27. The van der Waals surface area contributed by atoms with Crippen molar-refractivity contribution in [1.29, 1.82) is 0 Å². The van der Waals surface area contributed by atoms with Gasteiger partial charge in [0.15, 0.2) is 11.0 Å². The Morgan fingerprint density at radius 3 is 2.59 bits per heavy atom. The molecule has 3 aromatic rings. The molecule has 0 saturated carbocycles. The van der Waals surface area contributed by atoms with Gasteiger partial charge in [0.1, 0.15) is 5.82 Å². The number of carbonyl (C=O) groups is 2. The van der Waals surface area contributed by atoms with E-state index in [-0.39, 0.29) is 28.5 Å². The van der Waals surface area contributed by atoms with E-state index in [2.05, 4.69) is 25.8 Å². The number of halogens is 2. The second kappa shape index (κ2) is 11.7. The molecule has 1 aromatic carbocycles. The molecule has 0 radical (unpaired) electrons. The largest absolute Gasteiger partial charge is 0.342 e. The van der Waals surface area contributed by atoms with Crippen LogP contribution in [-0.4, -0.2) is 37.3 Å². The lowest BCUT2D eigenvalue weighted by Gasteiger charge is -2.22. The zero-order chi connectivity index (χ0) is 24.8. The molecule has 3 rings (SSSR count). The minimum Gasteiger partial charge on any atom is -0.342 e. The minimum atomic E-state index is -0.411. The number of hydrogen-bond acceptors (Lipinski definition) is 6. The molecule has 8 nitrogen and oxygen atoms in total. The topological polar surface area (TPSA) is 102 Å². The molecule has 0 aliphatic heterocycles. The molecule has 0 unspecified atom stereocenters. The molecule has 2 heterocycles. The fraction of sp³-hybridized carbons (Fsp3) is 0.348. The maximum absolute atomic E-state index is 12.9. The normalized spacial score (nSPS) is 12.0. The van der Waals surface area contributed by atoms with Crippen LogP contribution in [0.3, 0.4) is 0 Å². The van der Waals surface area contributed by atoms with Crippen molar-refractivity contribution in [3.63, 3.8) is 0 Å². The van der Waals surface area contributed by atoms with Crippen molar-refractivity contribution in [3.05, 3.63) is 63.5 Å². The zero-order valence-electron chi connectivity index (χ0n) is 19.3. The van der Waals surface area contributed by atoms with Crippen molar-refractivity contribution >= 4 is 52.6 Å². The average Bonchev–Trinajstić information content (AvgIpc) is 3.19. The van der Waals surface area contributed by atoms with Gasteiger partial charge in [-0.25, -0.2) is 4.98 Å². The van der Waals surface area contributed by atoms with Gasteiger partial charge in [0.05, 0.1) is 22.4 Å². The van der Waals surface area contributed by atoms with Crippen molar-refractivity contribution in [2.24, 2.45) is 5.92 Å². The van der Waals surface area contributed by atoms with Crippen LogP contribution in [0.4, 0.5) is 5.82 Å². The molecule has 0 bridgehead atoms. The number of aromatic nitrogens is 4. The summed E-state index contributed by atoms with van der Waals surface area (Å²) in [5, 5.41) is 15.8. The predicted molar refractivity (Wildman–Crippen MR) is 136 cm³/mol. The smallest absolute Gasteiger partial charge is 0.253 e. The first kappa shape index (κ1) is 26.0. The van der Waals surface area contributed by atoms with Gasteiger partial charge in [-0.15, -0.1) is 10.2 Å². The quantitative estimate of drug-likeness (QED) is 0.377. The Labute approximate surface area is 212 Å². The lowest BCUT2D eigenvalue weighted by atomic mass is 10.0. The Morgan fingerprint density at radius 2 is 1.94 bits per heavy atom. The summed E-state index contributed by atoms with van der Waals surface area (Å²) in [7, 11) is 0. The highest BCUT2D eigenvalue weighted by molar-refractivity contribution is 7.99. The Balaban J connectivity index is 1.74. The van der Waals surface area contributed by atoms with Gasteiger partial charge < -0.3 is 15.2 Å². The molecule has 1 atom stereocenters. The fourth-order valence-corrected chi connectivity index (χ4v) is 4.57. The summed E-state index contributed by atoms with van der Waals surface area (Å²) in [6, 6.07) is 8.02. The van der Waals surface area contributed by atoms with Crippen molar-refractivity contribution < 1.29 is 9.59 Å². The molecule has 0 saturated heterocycles. The van der Waals surface area contributed by atoms with Crippen molar-refractivity contribution in [1.82, 2.24) is 25.1 Å². The van der Waals surface area contributed by atoms with E-state index in [1.165, 1.54) is 17.8 Å². The predicted octanol–water partition coefficient (Wildman–Crippen LogP) is 5.17. The number of nitrogens with zero attached hydrogens (tertiary/aromatic N) is 4. The monoisotopic (exact) mass is 520 g/mol. The van der Waals surface area contributed by atoms with Gasteiger partial charge in [-0.2, -0.15) is 0 Å². The minimum absolute atomic E-state index is 0.0257. The number of carbonyl (C=O) groups excluding carboxylic acids is 2. The Bertz CT molecular complexity index is 1180. The molecule has 2 amide bonds. The van der Waals surface area contributed by atoms with Crippen LogP contribution < -0.4 is 10.6 Å². The van der Waals surface area contributed by atoms with Crippen LogP contribution in [0, 0.1) is 12.8 Å². The molecule has 11 heteroatoms. The van der Waals surface area contributed by atoms with Crippen molar-refractivity contribution in [3.8, 4) is 0 Å². The molecular weight excluding hydrogens is 495 g/mol. The first-order chi connectivity index (χ1) is 16.2. The molecule has 34 heavy (non-hydrogen) atoms. The molecule has 2 N–H and O–H groups in total. The number of pyridine rings is 1. The summed E-state index contributed by atoms with van der Waals surface area (Å²) in [6.45, 7) is 8.39. The SMILES string of the molecule is CCn1c(SCC(=O)Nc2ncccc2C)nnc1[C@@H](NC(=O)c1ccc(Cl)cc1Cl)C(C)C. The van der Waals surface area contributed by atoms with Gasteiger partial charge in [0.2, 0.25) is 5.91 Å². The van der Waals surface area contributed by atoms with Crippen LogP contribution in [0.25, 0.3) is 0 Å². The number of hydrogen-bond donors (Lipinski definition) is 2. The molecule has 180 valence electrons. The highest BCUT2D eigenvalue weighted by atomic mass is 35.5. The summed E-state index contributed by atoms with van der Waals surface area (Å²) in [5.41, 5.74) is 1.21. The number of rotatable bonds is 9. The first-order valence-electron chi connectivity index (χ1n) is 10.7. The summed E-state index contributed by atoms with van der Waals surface area (Å²) in [6.07, 6.45) is 1.63. The molecule has 0 fully saturated rings. The Kier molecular flexibility index (Phi) is 8.93. The Hall–Kier alpha value is -2.62. The van der Waals surface area contributed by atoms with Crippen LogP contribution >= 0.6 is 35.0 Å². The van der Waals surface area contributed by atoms with E-state index in [4.69, 9.17) is 23.2 Å². The summed E-state index contributed by atoms with van der Waals surface area (Å²) in [5.74, 6) is 0.801. The molecule has 0 aliphatic rings. The number of amides is 2.